The molecule has 0 N–H and O–H groups in total. The molecule has 0 bridgehead atoms. The standard InChI is InChI=1S/C24H21ClN2O2S/c1-16-9-12-20(13-10-16)30(28,29)27(3)24-23(18-7-5-4-6-8-18)17(2)21-15-19(25)11-14-22(21)26-24/h4-15H,1-3H3. The summed E-state index contributed by atoms with van der Waals surface area (Å²) in [5.41, 5.74) is 4.28. The van der Waals surface area contributed by atoms with Crippen LogP contribution in [0.15, 0.2) is 77.7 Å². The second kappa shape index (κ2) is 7.74. The Labute approximate surface area is 181 Å². The molecule has 152 valence electrons. The van der Waals surface area contributed by atoms with E-state index in [0.717, 1.165) is 27.6 Å². The summed E-state index contributed by atoms with van der Waals surface area (Å²) >= 11 is 6.22. The molecule has 6 heteroatoms. The highest BCUT2D eigenvalue weighted by Gasteiger charge is 2.26. The molecule has 1 heterocycles. The smallest absolute Gasteiger partial charge is 0.252 e. The summed E-state index contributed by atoms with van der Waals surface area (Å²) in [5.74, 6) is 0.383. The highest BCUT2D eigenvalue weighted by atomic mass is 35.5. The van der Waals surface area contributed by atoms with Crippen molar-refractivity contribution in [3.8, 4) is 11.1 Å². The maximum atomic E-state index is 13.4. The number of nitrogens with zero attached hydrogens (tertiary/aromatic N) is 2. The third-order valence-electron chi connectivity index (χ3n) is 5.23. The van der Waals surface area contributed by atoms with E-state index in [1.165, 1.54) is 4.31 Å². The number of halogens is 1. The van der Waals surface area contributed by atoms with Gasteiger partial charge in [0, 0.05) is 23.0 Å². The van der Waals surface area contributed by atoms with Crippen molar-refractivity contribution in [3.05, 3.63) is 88.9 Å². The van der Waals surface area contributed by atoms with Crippen LogP contribution in [-0.2, 0) is 10.0 Å². The SMILES string of the molecule is Cc1ccc(S(=O)(=O)N(C)c2nc3ccc(Cl)cc3c(C)c2-c2ccccc2)cc1. The van der Waals surface area contributed by atoms with Crippen molar-refractivity contribution in [2.75, 3.05) is 11.4 Å². The molecule has 4 nitrogen and oxygen atoms in total. The van der Waals surface area contributed by atoms with Gasteiger partial charge in [0.25, 0.3) is 10.0 Å². The Balaban J connectivity index is 1.99. The first kappa shape index (κ1) is 20.4. The fraction of sp³-hybridized carbons (Fsp3) is 0.125. The number of aromatic nitrogens is 1. The quantitative estimate of drug-likeness (QED) is 0.394. The summed E-state index contributed by atoms with van der Waals surface area (Å²) in [7, 11) is -2.24. The van der Waals surface area contributed by atoms with Crippen LogP contribution in [0.3, 0.4) is 0 Å². The van der Waals surface area contributed by atoms with Crippen LogP contribution in [0, 0.1) is 13.8 Å². The van der Waals surface area contributed by atoms with E-state index in [-0.39, 0.29) is 4.90 Å². The average Bonchev–Trinajstić information content (AvgIpc) is 2.74. The normalized spacial score (nSPS) is 11.6. The Morgan fingerprint density at radius 1 is 0.900 bits per heavy atom. The van der Waals surface area contributed by atoms with Gasteiger partial charge in [0.05, 0.1) is 10.4 Å². The maximum Gasteiger partial charge on any atom is 0.265 e. The van der Waals surface area contributed by atoms with Crippen molar-refractivity contribution in [2.24, 2.45) is 0 Å². The lowest BCUT2D eigenvalue weighted by molar-refractivity contribution is 0.594. The van der Waals surface area contributed by atoms with Gasteiger partial charge in [-0.3, -0.25) is 4.31 Å². The van der Waals surface area contributed by atoms with Gasteiger partial charge in [-0.25, -0.2) is 13.4 Å². The van der Waals surface area contributed by atoms with Gasteiger partial charge in [-0.05, 0) is 55.3 Å². The molecule has 0 amide bonds. The summed E-state index contributed by atoms with van der Waals surface area (Å²) in [6.45, 7) is 3.89. The van der Waals surface area contributed by atoms with Gasteiger partial charge in [0.15, 0.2) is 5.82 Å². The fourth-order valence-corrected chi connectivity index (χ4v) is 4.87. The average molecular weight is 437 g/mol. The molecule has 4 rings (SSSR count). The zero-order valence-corrected chi connectivity index (χ0v) is 18.5. The van der Waals surface area contributed by atoms with Gasteiger partial charge >= 0.3 is 0 Å². The molecule has 0 fully saturated rings. The lowest BCUT2D eigenvalue weighted by atomic mass is 9.97. The molecule has 0 saturated carbocycles. The van der Waals surface area contributed by atoms with Crippen LogP contribution in [0.5, 0.6) is 0 Å². The van der Waals surface area contributed by atoms with Crippen LogP contribution in [0.4, 0.5) is 5.82 Å². The van der Waals surface area contributed by atoms with Crippen LogP contribution in [-0.4, -0.2) is 20.4 Å². The molecule has 0 radical (unpaired) electrons. The second-order valence-electron chi connectivity index (χ2n) is 7.25. The summed E-state index contributed by atoms with van der Waals surface area (Å²) in [6, 6.07) is 22.0. The molecule has 0 spiro atoms. The first-order chi connectivity index (χ1) is 14.3. The zero-order valence-electron chi connectivity index (χ0n) is 16.9. The monoisotopic (exact) mass is 436 g/mol. The van der Waals surface area contributed by atoms with Crippen molar-refractivity contribution < 1.29 is 8.42 Å². The number of hydrogen-bond acceptors (Lipinski definition) is 3. The molecule has 3 aromatic carbocycles. The molecule has 0 aliphatic heterocycles. The van der Waals surface area contributed by atoms with Crippen LogP contribution in [0.2, 0.25) is 5.02 Å². The number of anilines is 1. The number of pyridine rings is 1. The van der Waals surface area contributed by atoms with Crippen LogP contribution in [0.1, 0.15) is 11.1 Å². The first-order valence-corrected chi connectivity index (χ1v) is 11.3. The van der Waals surface area contributed by atoms with E-state index in [2.05, 4.69) is 0 Å². The van der Waals surface area contributed by atoms with Gasteiger partial charge in [-0.15, -0.1) is 0 Å². The Kier molecular flexibility index (Phi) is 5.26. The topological polar surface area (TPSA) is 50.3 Å². The van der Waals surface area contributed by atoms with Crippen LogP contribution in [0.25, 0.3) is 22.0 Å². The number of sulfonamides is 1. The molecule has 1 aromatic heterocycles. The van der Waals surface area contributed by atoms with Gasteiger partial charge < -0.3 is 0 Å². The third kappa shape index (κ3) is 3.55. The number of benzene rings is 3. The van der Waals surface area contributed by atoms with Crippen molar-refractivity contribution in [3.63, 3.8) is 0 Å². The zero-order chi connectivity index (χ0) is 21.5. The summed E-state index contributed by atoms with van der Waals surface area (Å²) in [5, 5.41) is 1.51. The minimum absolute atomic E-state index is 0.227. The van der Waals surface area contributed by atoms with Gasteiger partial charge in [-0.1, -0.05) is 59.6 Å². The van der Waals surface area contributed by atoms with Gasteiger partial charge in [-0.2, -0.15) is 0 Å². The number of fused-ring (bicyclic) bond motifs is 1. The molecule has 0 atom stereocenters. The van der Waals surface area contributed by atoms with E-state index in [0.29, 0.717) is 16.4 Å². The minimum atomic E-state index is -3.79. The first-order valence-electron chi connectivity index (χ1n) is 9.50. The minimum Gasteiger partial charge on any atom is -0.252 e. The third-order valence-corrected chi connectivity index (χ3v) is 7.22. The highest BCUT2D eigenvalue weighted by Crippen LogP contribution is 2.38. The maximum absolute atomic E-state index is 13.4. The molecular weight excluding hydrogens is 416 g/mol. The number of aryl methyl sites for hydroxylation is 2. The lowest BCUT2D eigenvalue weighted by Gasteiger charge is -2.24. The van der Waals surface area contributed by atoms with Crippen molar-refractivity contribution in [1.29, 1.82) is 0 Å². The van der Waals surface area contributed by atoms with E-state index < -0.39 is 10.0 Å². The van der Waals surface area contributed by atoms with Crippen molar-refractivity contribution >= 4 is 38.3 Å². The Morgan fingerprint density at radius 3 is 2.23 bits per heavy atom. The van der Waals surface area contributed by atoms with E-state index in [4.69, 9.17) is 16.6 Å². The predicted octanol–water partition coefficient (Wildman–Crippen LogP) is 6.00. The summed E-state index contributed by atoms with van der Waals surface area (Å²) in [4.78, 5) is 4.98. The van der Waals surface area contributed by atoms with Gasteiger partial charge in [0.2, 0.25) is 0 Å². The predicted molar refractivity (Wildman–Crippen MR) is 124 cm³/mol. The fourth-order valence-electron chi connectivity index (χ4n) is 3.54. The Bertz CT molecular complexity index is 1340. The van der Waals surface area contributed by atoms with Crippen LogP contribution >= 0.6 is 11.6 Å². The highest BCUT2D eigenvalue weighted by molar-refractivity contribution is 7.92. The molecule has 4 aromatic rings. The van der Waals surface area contributed by atoms with Crippen molar-refractivity contribution in [2.45, 2.75) is 18.7 Å². The molecule has 0 aliphatic carbocycles. The van der Waals surface area contributed by atoms with Crippen LogP contribution < -0.4 is 4.31 Å². The van der Waals surface area contributed by atoms with Crippen molar-refractivity contribution in [1.82, 2.24) is 4.98 Å². The number of rotatable bonds is 4. The summed E-state index contributed by atoms with van der Waals surface area (Å²) < 4.78 is 28.1. The Morgan fingerprint density at radius 2 is 1.57 bits per heavy atom. The Hall–Kier alpha value is -2.89. The lowest BCUT2D eigenvalue weighted by Crippen LogP contribution is -2.28. The largest absolute Gasteiger partial charge is 0.265 e. The molecule has 0 unspecified atom stereocenters. The second-order valence-corrected chi connectivity index (χ2v) is 9.65. The van der Waals surface area contributed by atoms with E-state index in [1.807, 2.05) is 56.3 Å². The molecule has 0 aliphatic rings. The number of hydrogen-bond donors (Lipinski definition) is 0. The van der Waals surface area contributed by atoms with Gasteiger partial charge in [0.1, 0.15) is 0 Å². The summed E-state index contributed by atoms with van der Waals surface area (Å²) in [6.07, 6.45) is 0. The molecule has 30 heavy (non-hydrogen) atoms. The molecule has 0 saturated heterocycles. The van der Waals surface area contributed by atoms with E-state index in [1.54, 1.807) is 37.4 Å². The van der Waals surface area contributed by atoms with E-state index >= 15 is 0 Å². The molecular formula is C24H21ClN2O2S. The van der Waals surface area contributed by atoms with E-state index in [9.17, 15) is 8.42 Å².